The van der Waals surface area contributed by atoms with Gasteiger partial charge in [-0.15, -0.1) is 0 Å². The molecule has 1 aromatic heterocycles. The molecule has 20 heavy (non-hydrogen) atoms. The number of amides is 1. The van der Waals surface area contributed by atoms with Crippen LogP contribution in [0.5, 0.6) is 0 Å². The van der Waals surface area contributed by atoms with Crippen LogP contribution in [0.4, 0.5) is 18.9 Å². The highest BCUT2D eigenvalue weighted by Crippen LogP contribution is 2.22. The van der Waals surface area contributed by atoms with E-state index in [0.29, 0.717) is 12.2 Å². The van der Waals surface area contributed by atoms with Crippen LogP contribution in [0.3, 0.4) is 0 Å². The molecule has 0 aliphatic rings. The first-order chi connectivity index (χ1) is 9.26. The summed E-state index contributed by atoms with van der Waals surface area (Å²) in [5.74, 6) is -0.679. The number of aromatic nitrogens is 1. The Bertz CT molecular complexity index is 460. The van der Waals surface area contributed by atoms with E-state index in [0.717, 1.165) is 4.90 Å². The molecule has 112 valence electrons. The summed E-state index contributed by atoms with van der Waals surface area (Å²) in [6.45, 7) is 4.22. The summed E-state index contributed by atoms with van der Waals surface area (Å²) in [5.41, 5.74) is 0.632. The first-order valence-electron chi connectivity index (χ1n) is 6.32. The summed E-state index contributed by atoms with van der Waals surface area (Å²) < 4.78 is 37.7. The maximum atomic E-state index is 12.6. The van der Waals surface area contributed by atoms with Gasteiger partial charge in [-0.1, -0.05) is 0 Å². The first-order valence-corrected chi connectivity index (χ1v) is 6.32. The van der Waals surface area contributed by atoms with Crippen molar-refractivity contribution >= 4 is 11.6 Å². The van der Waals surface area contributed by atoms with Gasteiger partial charge < -0.3 is 10.2 Å². The Morgan fingerprint density at radius 2 is 2.10 bits per heavy atom. The van der Waals surface area contributed by atoms with Gasteiger partial charge in [0.1, 0.15) is 6.54 Å². The molecule has 0 fully saturated rings. The lowest BCUT2D eigenvalue weighted by Crippen LogP contribution is -2.43. The standard InChI is InChI=1S/C13H18F3N3O/c1-4-18-11-5-6-17-7-10(11)12(20)19(9(2)3)8-13(14,15)16/h5-7,9H,4,8H2,1-3H3,(H,17,18). The third-order valence-corrected chi connectivity index (χ3v) is 2.65. The van der Waals surface area contributed by atoms with Crippen LogP contribution in [0, 0.1) is 0 Å². The molecule has 0 spiro atoms. The van der Waals surface area contributed by atoms with Crippen molar-refractivity contribution in [1.82, 2.24) is 9.88 Å². The molecule has 0 radical (unpaired) electrons. The number of hydrogen-bond acceptors (Lipinski definition) is 3. The number of carbonyl (C=O) groups excluding carboxylic acids is 1. The Hall–Kier alpha value is -1.79. The summed E-state index contributed by atoms with van der Waals surface area (Å²) in [7, 11) is 0. The minimum absolute atomic E-state index is 0.146. The van der Waals surface area contributed by atoms with Crippen molar-refractivity contribution < 1.29 is 18.0 Å². The van der Waals surface area contributed by atoms with Gasteiger partial charge in [-0.05, 0) is 26.8 Å². The Morgan fingerprint density at radius 3 is 2.60 bits per heavy atom. The number of hydrogen-bond donors (Lipinski definition) is 1. The molecule has 0 aromatic carbocycles. The molecule has 1 N–H and O–H groups in total. The van der Waals surface area contributed by atoms with Crippen LogP contribution in [-0.4, -0.2) is 41.1 Å². The quantitative estimate of drug-likeness (QED) is 0.906. The third kappa shape index (κ3) is 4.40. The fourth-order valence-corrected chi connectivity index (χ4v) is 1.75. The van der Waals surface area contributed by atoms with Crippen molar-refractivity contribution in [2.24, 2.45) is 0 Å². The van der Waals surface area contributed by atoms with Crippen LogP contribution >= 0.6 is 0 Å². The van der Waals surface area contributed by atoms with Gasteiger partial charge in [0.25, 0.3) is 5.91 Å². The van der Waals surface area contributed by atoms with E-state index < -0.39 is 24.7 Å². The highest BCUT2D eigenvalue weighted by molar-refractivity contribution is 5.99. The molecule has 7 heteroatoms. The summed E-state index contributed by atoms with van der Waals surface area (Å²) in [5, 5.41) is 2.94. The van der Waals surface area contributed by atoms with E-state index in [1.165, 1.54) is 12.4 Å². The molecule has 1 heterocycles. The van der Waals surface area contributed by atoms with Gasteiger partial charge in [0.2, 0.25) is 0 Å². The number of nitrogens with zero attached hydrogens (tertiary/aromatic N) is 2. The van der Waals surface area contributed by atoms with Crippen LogP contribution in [0.15, 0.2) is 18.5 Å². The number of pyridine rings is 1. The Balaban J connectivity index is 3.07. The van der Waals surface area contributed by atoms with Crippen molar-refractivity contribution in [1.29, 1.82) is 0 Å². The normalized spacial score (nSPS) is 11.6. The molecule has 0 aliphatic heterocycles. The number of anilines is 1. The summed E-state index contributed by atoms with van der Waals surface area (Å²) >= 11 is 0. The largest absolute Gasteiger partial charge is 0.406 e. The van der Waals surface area contributed by atoms with Gasteiger partial charge in [-0.2, -0.15) is 13.2 Å². The van der Waals surface area contributed by atoms with E-state index in [4.69, 9.17) is 0 Å². The SMILES string of the molecule is CCNc1ccncc1C(=O)N(CC(F)(F)F)C(C)C. The number of carbonyl (C=O) groups is 1. The van der Waals surface area contributed by atoms with Crippen molar-refractivity contribution in [3.8, 4) is 0 Å². The average molecular weight is 289 g/mol. The second-order valence-corrected chi connectivity index (χ2v) is 4.59. The van der Waals surface area contributed by atoms with E-state index in [2.05, 4.69) is 10.3 Å². The minimum Gasteiger partial charge on any atom is -0.385 e. The number of rotatable bonds is 5. The van der Waals surface area contributed by atoms with Crippen LogP contribution in [-0.2, 0) is 0 Å². The molecule has 0 atom stereocenters. The molecule has 0 saturated heterocycles. The van der Waals surface area contributed by atoms with Crippen LogP contribution in [0.2, 0.25) is 0 Å². The lowest BCUT2D eigenvalue weighted by Gasteiger charge is -2.28. The third-order valence-electron chi connectivity index (χ3n) is 2.65. The van der Waals surface area contributed by atoms with Crippen LogP contribution in [0.25, 0.3) is 0 Å². The summed E-state index contributed by atoms with van der Waals surface area (Å²) in [6.07, 6.45) is -1.66. The van der Waals surface area contributed by atoms with Crippen molar-refractivity contribution in [2.75, 3.05) is 18.4 Å². The first kappa shape index (κ1) is 16.3. The fraction of sp³-hybridized carbons (Fsp3) is 0.538. The van der Waals surface area contributed by atoms with Crippen LogP contribution in [0.1, 0.15) is 31.1 Å². The molecule has 1 rings (SSSR count). The highest BCUT2D eigenvalue weighted by Gasteiger charge is 2.35. The fourth-order valence-electron chi connectivity index (χ4n) is 1.75. The molecule has 0 bridgehead atoms. The zero-order chi connectivity index (χ0) is 15.3. The van der Waals surface area contributed by atoms with Crippen molar-refractivity contribution in [3.63, 3.8) is 0 Å². The van der Waals surface area contributed by atoms with E-state index in [9.17, 15) is 18.0 Å². The van der Waals surface area contributed by atoms with E-state index in [-0.39, 0.29) is 5.56 Å². The molecule has 0 unspecified atom stereocenters. The molecular formula is C13H18F3N3O. The molecule has 0 aliphatic carbocycles. The Kier molecular flexibility index (Phi) is 5.35. The lowest BCUT2D eigenvalue weighted by molar-refractivity contribution is -0.143. The van der Waals surface area contributed by atoms with Crippen LogP contribution < -0.4 is 5.32 Å². The highest BCUT2D eigenvalue weighted by atomic mass is 19.4. The predicted molar refractivity (Wildman–Crippen MR) is 70.6 cm³/mol. The lowest BCUT2D eigenvalue weighted by atomic mass is 10.1. The molecule has 1 amide bonds. The van der Waals surface area contributed by atoms with Gasteiger partial charge in [-0.3, -0.25) is 9.78 Å². The van der Waals surface area contributed by atoms with Gasteiger partial charge in [-0.25, -0.2) is 0 Å². The van der Waals surface area contributed by atoms with E-state index in [1.54, 1.807) is 19.9 Å². The molecule has 0 saturated carbocycles. The maximum absolute atomic E-state index is 12.6. The number of alkyl halides is 3. The second-order valence-electron chi connectivity index (χ2n) is 4.59. The molecule has 1 aromatic rings. The number of nitrogens with one attached hydrogen (secondary N) is 1. The number of halogens is 3. The maximum Gasteiger partial charge on any atom is 0.406 e. The smallest absolute Gasteiger partial charge is 0.385 e. The summed E-state index contributed by atoms with van der Waals surface area (Å²) in [4.78, 5) is 16.9. The van der Waals surface area contributed by atoms with Gasteiger partial charge in [0, 0.05) is 25.0 Å². The zero-order valence-electron chi connectivity index (χ0n) is 11.7. The Labute approximate surface area is 116 Å². The van der Waals surface area contributed by atoms with Gasteiger partial charge in [0.05, 0.1) is 11.3 Å². The zero-order valence-corrected chi connectivity index (χ0v) is 11.7. The van der Waals surface area contributed by atoms with E-state index >= 15 is 0 Å². The topological polar surface area (TPSA) is 45.2 Å². The minimum atomic E-state index is -4.43. The van der Waals surface area contributed by atoms with E-state index in [1.807, 2.05) is 6.92 Å². The Morgan fingerprint density at radius 1 is 1.45 bits per heavy atom. The molecule has 4 nitrogen and oxygen atoms in total. The predicted octanol–water partition coefficient (Wildman–Crippen LogP) is 2.93. The summed E-state index contributed by atoms with van der Waals surface area (Å²) in [6, 6.07) is 1.02. The monoisotopic (exact) mass is 289 g/mol. The average Bonchev–Trinajstić information content (AvgIpc) is 2.35. The molecular weight excluding hydrogens is 271 g/mol. The van der Waals surface area contributed by atoms with Crippen molar-refractivity contribution in [2.45, 2.75) is 33.0 Å². The van der Waals surface area contributed by atoms with Gasteiger partial charge in [0.15, 0.2) is 0 Å². The second kappa shape index (κ2) is 6.58. The van der Waals surface area contributed by atoms with Crippen molar-refractivity contribution in [3.05, 3.63) is 24.0 Å². The van der Waals surface area contributed by atoms with Gasteiger partial charge >= 0.3 is 6.18 Å².